The molecule has 2 amide bonds. The number of hydrogen-bond donors (Lipinski definition) is 1. The minimum Gasteiger partial charge on any atom is -0.343 e. The maximum Gasteiger partial charge on any atom is 0.250 e. The highest BCUT2D eigenvalue weighted by Gasteiger charge is 2.41. The number of halogens is 1. The van der Waals surface area contributed by atoms with E-state index in [2.05, 4.69) is 5.32 Å². The lowest BCUT2D eigenvalue weighted by atomic mass is 9.96. The van der Waals surface area contributed by atoms with Gasteiger partial charge in [0.2, 0.25) is 11.8 Å². The quantitative estimate of drug-likeness (QED) is 0.899. The summed E-state index contributed by atoms with van der Waals surface area (Å²) in [7, 11) is 0. The second-order valence-electron chi connectivity index (χ2n) is 5.58. The van der Waals surface area contributed by atoms with Crippen molar-refractivity contribution in [3.63, 3.8) is 0 Å². The Morgan fingerprint density at radius 3 is 2.55 bits per heavy atom. The van der Waals surface area contributed by atoms with Gasteiger partial charge in [0, 0.05) is 0 Å². The van der Waals surface area contributed by atoms with Gasteiger partial charge in [0.05, 0.1) is 5.69 Å². The van der Waals surface area contributed by atoms with Gasteiger partial charge in [-0.1, -0.05) is 19.9 Å². The third-order valence-electron chi connectivity index (χ3n) is 3.51. The lowest BCUT2D eigenvalue weighted by Crippen LogP contribution is -2.64. The Morgan fingerprint density at radius 2 is 1.95 bits per heavy atom. The molecule has 1 aromatic carbocycles. The van der Waals surface area contributed by atoms with E-state index in [-0.39, 0.29) is 23.4 Å². The van der Waals surface area contributed by atoms with Crippen LogP contribution in [0.4, 0.5) is 10.1 Å². The largest absolute Gasteiger partial charge is 0.343 e. The normalized spacial score (nSPS) is 23.2. The number of amides is 2. The monoisotopic (exact) mass is 278 g/mol. The molecule has 0 bridgehead atoms. The molecule has 0 aliphatic carbocycles. The van der Waals surface area contributed by atoms with E-state index >= 15 is 0 Å². The van der Waals surface area contributed by atoms with Gasteiger partial charge in [-0.25, -0.2) is 4.39 Å². The highest BCUT2D eigenvalue weighted by atomic mass is 19.1. The fourth-order valence-electron chi connectivity index (χ4n) is 2.50. The van der Waals surface area contributed by atoms with Crippen molar-refractivity contribution in [3.05, 3.63) is 29.6 Å². The molecular formula is C15H19FN2O2. The van der Waals surface area contributed by atoms with E-state index in [1.165, 1.54) is 11.0 Å². The van der Waals surface area contributed by atoms with Crippen LogP contribution in [0.25, 0.3) is 0 Å². The zero-order valence-electron chi connectivity index (χ0n) is 12.1. The maximum atomic E-state index is 14.1. The Bertz CT molecular complexity index is 557. The second-order valence-corrected chi connectivity index (χ2v) is 5.58. The van der Waals surface area contributed by atoms with Crippen LogP contribution in [-0.2, 0) is 9.59 Å². The summed E-state index contributed by atoms with van der Waals surface area (Å²) in [5, 5.41) is 2.64. The van der Waals surface area contributed by atoms with Gasteiger partial charge in [0.15, 0.2) is 0 Å². The van der Waals surface area contributed by atoms with E-state index in [0.29, 0.717) is 0 Å². The first-order chi connectivity index (χ1) is 9.32. The van der Waals surface area contributed by atoms with Gasteiger partial charge in [-0.3, -0.25) is 14.5 Å². The number of nitrogens with zero attached hydrogens (tertiary/aromatic N) is 1. The molecule has 108 valence electrons. The fourth-order valence-corrected chi connectivity index (χ4v) is 2.50. The van der Waals surface area contributed by atoms with Crippen molar-refractivity contribution in [2.24, 2.45) is 5.92 Å². The second kappa shape index (κ2) is 5.23. The highest BCUT2D eigenvalue weighted by molar-refractivity contribution is 6.08. The van der Waals surface area contributed by atoms with Crippen LogP contribution in [-0.4, -0.2) is 23.9 Å². The predicted octanol–water partition coefficient (Wildman–Crippen LogP) is 2.01. The maximum absolute atomic E-state index is 14.1. The highest BCUT2D eigenvalue weighted by Crippen LogP contribution is 2.28. The van der Waals surface area contributed by atoms with Crippen molar-refractivity contribution in [1.82, 2.24) is 5.32 Å². The summed E-state index contributed by atoms with van der Waals surface area (Å²) in [6, 6.07) is 3.24. The summed E-state index contributed by atoms with van der Waals surface area (Å²) in [6.07, 6.45) is 0. The van der Waals surface area contributed by atoms with Gasteiger partial charge in [-0.05, 0) is 37.5 Å². The summed E-state index contributed by atoms with van der Waals surface area (Å²) < 4.78 is 14.1. The number of rotatable bonds is 2. The molecule has 1 aliphatic heterocycles. The van der Waals surface area contributed by atoms with Crippen molar-refractivity contribution >= 4 is 17.5 Å². The molecule has 2 rings (SSSR count). The molecule has 1 heterocycles. The summed E-state index contributed by atoms with van der Waals surface area (Å²) >= 11 is 0. The van der Waals surface area contributed by atoms with Crippen LogP contribution >= 0.6 is 0 Å². The molecule has 2 unspecified atom stereocenters. The smallest absolute Gasteiger partial charge is 0.250 e. The number of benzene rings is 1. The summed E-state index contributed by atoms with van der Waals surface area (Å²) in [5.41, 5.74) is 1.02. The molecule has 5 heteroatoms. The zero-order valence-corrected chi connectivity index (χ0v) is 12.1. The molecule has 20 heavy (non-hydrogen) atoms. The van der Waals surface area contributed by atoms with Gasteiger partial charge in [0.25, 0.3) is 0 Å². The molecule has 0 saturated carbocycles. The van der Waals surface area contributed by atoms with E-state index in [1.807, 2.05) is 20.8 Å². The number of anilines is 1. The van der Waals surface area contributed by atoms with Crippen LogP contribution in [0, 0.1) is 18.7 Å². The van der Waals surface area contributed by atoms with E-state index in [1.54, 1.807) is 19.1 Å². The van der Waals surface area contributed by atoms with E-state index < -0.39 is 17.9 Å². The first kappa shape index (κ1) is 14.5. The van der Waals surface area contributed by atoms with Gasteiger partial charge >= 0.3 is 0 Å². The first-order valence-corrected chi connectivity index (χ1v) is 6.72. The number of carbonyl (C=O) groups excluding carboxylic acids is 2. The average Bonchev–Trinajstić information content (AvgIpc) is 2.36. The minimum atomic E-state index is -0.685. The SMILES string of the molecule is Cc1ccc(F)c(N2C(=O)C(C)NC(=O)C2C(C)C)c1. The number of hydrogen-bond acceptors (Lipinski definition) is 2. The van der Waals surface area contributed by atoms with E-state index in [4.69, 9.17) is 0 Å². The zero-order chi connectivity index (χ0) is 15.0. The van der Waals surface area contributed by atoms with Crippen LogP contribution in [0.15, 0.2) is 18.2 Å². The Balaban J connectivity index is 2.55. The van der Waals surface area contributed by atoms with Gasteiger partial charge < -0.3 is 5.32 Å². The summed E-state index contributed by atoms with van der Waals surface area (Å²) in [5.74, 6) is -1.12. The summed E-state index contributed by atoms with van der Waals surface area (Å²) in [4.78, 5) is 25.8. The number of carbonyl (C=O) groups is 2. The molecule has 0 aromatic heterocycles. The molecule has 4 nitrogen and oxygen atoms in total. The van der Waals surface area contributed by atoms with Gasteiger partial charge in [-0.2, -0.15) is 0 Å². The van der Waals surface area contributed by atoms with Crippen molar-refractivity contribution in [3.8, 4) is 0 Å². The van der Waals surface area contributed by atoms with Crippen LogP contribution in [0.2, 0.25) is 0 Å². The Morgan fingerprint density at radius 1 is 1.30 bits per heavy atom. The number of nitrogens with one attached hydrogen (secondary N) is 1. The standard InChI is InChI=1S/C15H19FN2O2/c1-8(2)13-14(19)17-10(4)15(20)18(13)12-7-9(3)5-6-11(12)16/h5-8,10,13H,1-4H3,(H,17,19). The topological polar surface area (TPSA) is 49.4 Å². The number of piperazine rings is 1. The van der Waals surface area contributed by atoms with Crippen molar-refractivity contribution in [2.75, 3.05) is 4.90 Å². The molecule has 1 N–H and O–H groups in total. The van der Waals surface area contributed by atoms with Crippen LogP contribution in [0.5, 0.6) is 0 Å². The van der Waals surface area contributed by atoms with Crippen molar-refractivity contribution in [2.45, 2.75) is 39.8 Å². The minimum absolute atomic E-state index is 0.105. The molecule has 1 aromatic rings. The lowest BCUT2D eigenvalue weighted by molar-refractivity contribution is -0.134. The van der Waals surface area contributed by atoms with Gasteiger partial charge in [-0.15, -0.1) is 0 Å². The van der Waals surface area contributed by atoms with Crippen molar-refractivity contribution < 1.29 is 14.0 Å². The van der Waals surface area contributed by atoms with Crippen LogP contribution in [0.1, 0.15) is 26.3 Å². The molecule has 1 aliphatic rings. The molecule has 0 spiro atoms. The summed E-state index contributed by atoms with van der Waals surface area (Å²) in [6.45, 7) is 7.12. The third-order valence-corrected chi connectivity index (χ3v) is 3.51. The third kappa shape index (κ3) is 2.40. The number of aryl methyl sites for hydroxylation is 1. The molecule has 1 saturated heterocycles. The van der Waals surface area contributed by atoms with Crippen LogP contribution < -0.4 is 10.2 Å². The van der Waals surface area contributed by atoms with Gasteiger partial charge in [0.1, 0.15) is 17.9 Å². The van der Waals surface area contributed by atoms with E-state index in [0.717, 1.165) is 5.56 Å². The predicted molar refractivity (Wildman–Crippen MR) is 74.9 cm³/mol. The molecule has 0 radical (unpaired) electrons. The van der Waals surface area contributed by atoms with Crippen molar-refractivity contribution in [1.29, 1.82) is 0 Å². The Kier molecular flexibility index (Phi) is 3.79. The Hall–Kier alpha value is -1.91. The molecule has 1 fully saturated rings. The Labute approximate surface area is 118 Å². The fraction of sp³-hybridized carbons (Fsp3) is 0.467. The van der Waals surface area contributed by atoms with Crippen LogP contribution in [0.3, 0.4) is 0 Å². The lowest BCUT2D eigenvalue weighted by Gasteiger charge is -2.40. The molecular weight excluding hydrogens is 259 g/mol. The first-order valence-electron chi connectivity index (χ1n) is 6.72. The average molecular weight is 278 g/mol. The van der Waals surface area contributed by atoms with E-state index in [9.17, 15) is 14.0 Å². The molecule has 2 atom stereocenters.